The molecular weight excluding hydrogens is 257 g/mol. The molecular formula is C13H9F3N2O. The van der Waals surface area contributed by atoms with Crippen molar-refractivity contribution in [1.29, 1.82) is 0 Å². The van der Waals surface area contributed by atoms with Gasteiger partial charge >= 0.3 is 6.18 Å². The highest BCUT2D eigenvalue weighted by Gasteiger charge is 2.34. The molecule has 0 amide bonds. The predicted molar refractivity (Wildman–Crippen MR) is 63.7 cm³/mol. The highest BCUT2D eigenvalue weighted by Crippen LogP contribution is 2.38. The summed E-state index contributed by atoms with van der Waals surface area (Å²) in [4.78, 5) is 0. The van der Waals surface area contributed by atoms with E-state index in [-0.39, 0.29) is 5.69 Å². The SMILES string of the molecule is Oc1ccc(/N=N/c2ccccc2)c(C(F)(F)F)c1. The van der Waals surface area contributed by atoms with Crippen LogP contribution < -0.4 is 0 Å². The summed E-state index contributed by atoms with van der Waals surface area (Å²) in [7, 11) is 0. The van der Waals surface area contributed by atoms with Gasteiger partial charge in [0.05, 0.1) is 16.9 Å². The van der Waals surface area contributed by atoms with E-state index in [1.807, 2.05) is 0 Å². The van der Waals surface area contributed by atoms with E-state index in [1.54, 1.807) is 30.3 Å². The Balaban J connectivity index is 2.38. The first-order chi connectivity index (χ1) is 8.97. The molecule has 0 atom stereocenters. The largest absolute Gasteiger partial charge is 0.508 e. The van der Waals surface area contributed by atoms with E-state index < -0.39 is 17.5 Å². The van der Waals surface area contributed by atoms with Crippen LogP contribution in [0.1, 0.15) is 5.56 Å². The van der Waals surface area contributed by atoms with Crippen LogP contribution >= 0.6 is 0 Å². The van der Waals surface area contributed by atoms with Crippen LogP contribution in [0.4, 0.5) is 24.5 Å². The molecule has 2 rings (SSSR count). The molecule has 0 saturated heterocycles. The molecule has 0 bridgehead atoms. The van der Waals surface area contributed by atoms with Gasteiger partial charge in [0.15, 0.2) is 0 Å². The van der Waals surface area contributed by atoms with Crippen molar-refractivity contribution >= 4 is 11.4 Å². The summed E-state index contributed by atoms with van der Waals surface area (Å²) in [5, 5.41) is 16.4. The van der Waals surface area contributed by atoms with E-state index in [2.05, 4.69) is 10.2 Å². The number of hydrogen-bond acceptors (Lipinski definition) is 3. The lowest BCUT2D eigenvalue weighted by molar-refractivity contribution is -0.137. The number of alkyl halides is 3. The average Bonchev–Trinajstić information content (AvgIpc) is 2.37. The Labute approximate surface area is 107 Å². The number of halogens is 3. The Kier molecular flexibility index (Phi) is 3.50. The quantitative estimate of drug-likeness (QED) is 0.777. The summed E-state index contributed by atoms with van der Waals surface area (Å²) in [5.41, 5.74) is -0.912. The maximum absolute atomic E-state index is 12.7. The first-order valence-electron chi connectivity index (χ1n) is 5.34. The average molecular weight is 266 g/mol. The lowest BCUT2D eigenvalue weighted by Crippen LogP contribution is -2.04. The summed E-state index contributed by atoms with van der Waals surface area (Å²) >= 11 is 0. The van der Waals surface area contributed by atoms with Crippen molar-refractivity contribution < 1.29 is 18.3 Å². The van der Waals surface area contributed by atoms with Crippen LogP contribution in [0.3, 0.4) is 0 Å². The second-order valence-corrected chi connectivity index (χ2v) is 3.73. The first-order valence-corrected chi connectivity index (χ1v) is 5.34. The molecule has 3 nitrogen and oxygen atoms in total. The van der Waals surface area contributed by atoms with Crippen molar-refractivity contribution in [2.45, 2.75) is 6.18 Å². The van der Waals surface area contributed by atoms with Gasteiger partial charge in [-0.25, -0.2) is 0 Å². The van der Waals surface area contributed by atoms with Gasteiger partial charge in [0.25, 0.3) is 0 Å². The summed E-state index contributed by atoms with van der Waals surface area (Å²) in [6, 6.07) is 11.2. The van der Waals surface area contributed by atoms with Gasteiger partial charge in [-0.1, -0.05) is 18.2 Å². The number of phenolic OH excluding ortho intramolecular Hbond substituents is 1. The first kappa shape index (κ1) is 13.1. The number of azo groups is 1. The van der Waals surface area contributed by atoms with E-state index in [4.69, 9.17) is 5.11 Å². The van der Waals surface area contributed by atoms with Crippen LogP contribution in [0.2, 0.25) is 0 Å². The second-order valence-electron chi connectivity index (χ2n) is 3.73. The van der Waals surface area contributed by atoms with Crippen molar-refractivity contribution in [3.05, 3.63) is 54.1 Å². The lowest BCUT2D eigenvalue weighted by Gasteiger charge is -2.09. The summed E-state index contributed by atoms with van der Waals surface area (Å²) in [6.07, 6.45) is -4.59. The van der Waals surface area contributed by atoms with Crippen molar-refractivity contribution in [3.63, 3.8) is 0 Å². The number of phenols is 1. The predicted octanol–water partition coefficient (Wildman–Crippen LogP) is 4.83. The van der Waals surface area contributed by atoms with Gasteiger partial charge in [-0.3, -0.25) is 0 Å². The molecule has 0 radical (unpaired) electrons. The fourth-order valence-electron chi connectivity index (χ4n) is 1.44. The molecule has 19 heavy (non-hydrogen) atoms. The molecule has 0 aliphatic carbocycles. The van der Waals surface area contributed by atoms with E-state index in [9.17, 15) is 13.2 Å². The van der Waals surface area contributed by atoms with Crippen molar-refractivity contribution in [1.82, 2.24) is 0 Å². The number of nitrogens with zero attached hydrogens (tertiary/aromatic N) is 2. The second kappa shape index (κ2) is 5.09. The standard InChI is InChI=1S/C13H9F3N2O/c14-13(15,16)11-8-10(19)6-7-12(11)18-17-9-4-2-1-3-5-9/h1-8,19H/b18-17+. The molecule has 0 heterocycles. The molecule has 2 aromatic carbocycles. The number of aromatic hydroxyl groups is 1. The highest BCUT2D eigenvalue weighted by molar-refractivity contribution is 5.51. The minimum atomic E-state index is -4.59. The number of hydrogen-bond donors (Lipinski definition) is 1. The minimum Gasteiger partial charge on any atom is -0.508 e. The fraction of sp³-hybridized carbons (Fsp3) is 0.0769. The van der Waals surface area contributed by atoms with E-state index in [0.29, 0.717) is 11.8 Å². The molecule has 2 aromatic rings. The molecule has 0 saturated carbocycles. The van der Waals surface area contributed by atoms with Gasteiger partial charge < -0.3 is 5.11 Å². The third-order valence-electron chi connectivity index (χ3n) is 2.31. The van der Waals surface area contributed by atoms with Crippen molar-refractivity contribution in [3.8, 4) is 5.75 Å². The van der Waals surface area contributed by atoms with Crippen LogP contribution in [-0.2, 0) is 6.18 Å². The monoisotopic (exact) mass is 266 g/mol. The van der Waals surface area contributed by atoms with Gasteiger partial charge in [0.2, 0.25) is 0 Å². The Bertz CT molecular complexity index is 595. The van der Waals surface area contributed by atoms with Gasteiger partial charge in [0.1, 0.15) is 5.75 Å². The Morgan fingerprint density at radius 2 is 1.58 bits per heavy atom. The zero-order valence-electron chi connectivity index (χ0n) is 9.59. The normalized spacial score (nSPS) is 11.9. The zero-order valence-corrected chi connectivity index (χ0v) is 9.59. The van der Waals surface area contributed by atoms with Crippen molar-refractivity contribution in [2.24, 2.45) is 10.2 Å². The summed E-state index contributed by atoms with van der Waals surface area (Å²) in [6.45, 7) is 0. The van der Waals surface area contributed by atoms with Gasteiger partial charge in [-0.2, -0.15) is 18.3 Å². The van der Waals surface area contributed by atoms with Crippen LogP contribution in [-0.4, -0.2) is 5.11 Å². The van der Waals surface area contributed by atoms with Gasteiger partial charge in [-0.05, 0) is 30.3 Å². The van der Waals surface area contributed by atoms with Crippen LogP contribution in [0.25, 0.3) is 0 Å². The smallest absolute Gasteiger partial charge is 0.418 e. The molecule has 6 heteroatoms. The molecule has 98 valence electrons. The molecule has 0 aromatic heterocycles. The molecule has 0 aliphatic rings. The molecule has 1 N–H and O–H groups in total. The van der Waals surface area contributed by atoms with Gasteiger partial charge in [-0.15, -0.1) is 5.11 Å². The molecule has 0 unspecified atom stereocenters. The maximum atomic E-state index is 12.7. The van der Waals surface area contributed by atoms with E-state index in [0.717, 1.165) is 12.1 Å². The Hall–Kier alpha value is -2.37. The van der Waals surface area contributed by atoms with E-state index in [1.165, 1.54) is 0 Å². The molecule has 0 aliphatic heterocycles. The van der Waals surface area contributed by atoms with Crippen LogP contribution in [0, 0.1) is 0 Å². The third-order valence-corrected chi connectivity index (χ3v) is 2.31. The molecule has 0 fully saturated rings. The Morgan fingerprint density at radius 3 is 2.21 bits per heavy atom. The third kappa shape index (κ3) is 3.31. The lowest BCUT2D eigenvalue weighted by atomic mass is 10.1. The number of benzene rings is 2. The maximum Gasteiger partial charge on any atom is 0.418 e. The van der Waals surface area contributed by atoms with Crippen molar-refractivity contribution in [2.75, 3.05) is 0 Å². The van der Waals surface area contributed by atoms with Crippen LogP contribution in [0.15, 0.2) is 58.8 Å². The van der Waals surface area contributed by atoms with Crippen LogP contribution in [0.5, 0.6) is 5.75 Å². The summed E-state index contributed by atoms with van der Waals surface area (Å²) < 4.78 is 38.2. The Morgan fingerprint density at radius 1 is 0.895 bits per heavy atom. The molecule has 0 spiro atoms. The zero-order chi connectivity index (χ0) is 13.9. The summed E-state index contributed by atoms with van der Waals surface area (Å²) in [5.74, 6) is -0.467. The topological polar surface area (TPSA) is 45.0 Å². The highest BCUT2D eigenvalue weighted by atomic mass is 19.4. The van der Waals surface area contributed by atoms with E-state index >= 15 is 0 Å². The minimum absolute atomic E-state index is 0.339. The van der Waals surface area contributed by atoms with Gasteiger partial charge in [0, 0.05) is 0 Å². The fourth-order valence-corrected chi connectivity index (χ4v) is 1.44. The number of rotatable bonds is 2.